The Balaban J connectivity index is 1.12. The van der Waals surface area contributed by atoms with E-state index in [1.807, 2.05) is 0 Å². The molecule has 11 aromatic rings. The van der Waals surface area contributed by atoms with Gasteiger partial charge < -0.3 is 9.13 Å². The Kier molecular flexibility index (Phi) is 16.1. The van der Waals surface area contributed by atoms with Gasteiger partial charge in [-0.15, -0.1) is 0 Å². The van der Waals surface area contributed by atoms with Crippen LogP contribution in [0, 0.1) is 0 Å². The molecule has 2 aromatic heterocycles. The highest BCUT2D eigenvalue weighted by Crippen LogP contribution is 2.49. The zero-order chi connectivity index (χ0) is 67.2. The van der Waals surface area contributed by atoms with E-state index >= 15 is 0 Å². The molecule has 0 atom stereocenters. The molecule has 0 unspecified atom stereocenters. The summed E-state index contributed by atoms with van der Waals surface area (Å²) in [6.45, 7) is 61.8. The topological polar surface area (TPSA) is 9.86 Å². The molecule has 2 heteroatoms. The molecule has 11 rings (SSSR count). The largest absolute Gasteiger partial charge is 0.308 e. The van der Waals surface area contributed by atoms with Crippen molar-refractivity contribution < 1.29 is 0 Å². The highest BCUT2D eigenvalue weighted by atomic mass is 15.0. The quantitative estimate of drug-likeness (QED) is 0.143. The van der Waals surface area contributed by atoms with Gasteiger partial charge in [0.2, 0.25) is 0 Å². The van der Waals surface area contributed by atoms with E-state index in [-0.39, 0.29) is 48.7 Å². The molecule has 478 valence electrons. The van der Waals surface area contributed by atoms with E-state index in [1.165, 1.54) is 144 Å². The fraction of sp³-hybridized carbons (Fsp3) is 0.400. The highest BCUT2D eigenvalue weighted by molar-refractivity contribution is 6.15. The summed E-state index contributed by atoms with van der Waals surface area (Å²) in [5.74, 6) is 0. The molecule has 2 heterocycles. The van der Waals surface area contributed by atoms with Crippen molar-refractivity contribution >= 4 is 43.6 Å². The van der Waals surface area contributed by atoms with E-state index < -0.39 is 0 Å². The SMILES string of the molecule is CC(C)(C)c1cc(-c2cccc(-n3c4ccccc4c4cccc(-c5cc(C(C)(C)C)cc(C(C)(C)Cc6ccc7c(c6)c6cccc(-c8cc(C(C)(C)C)cc(C(C)(C)C)c8)c6n7-c6cccc(C(C)(C)C)c6C(C)(C)C)c5)c43)c2C(C)(C)C)cc(C(C)(C)C)c1. The number of aromatic nitrogens is 2. The maximum Gasteiger partial charge on any atom is 0.0619 e. The molecule has 0 aliphatic heterocycles. The van der Waals surface area contributed by atoms with Crippen LogP contribution in [0.15, 0.2) is 170 Å². The first kappa shape index (κ1) is 66.1. The Bertz CT molecular complexity index is 4600. The van der Waals surface area contributed by atoms with Crippen molar-refractivity contribution in [2.75, 3.05) is 0 Å². The van der Waals surface area contributed by atoms with Crippen LogP contribution in [-0.4, -0.2) is 9.13 Å². The minimum Gasteiger partial charge on any atom is -0.308 e. The number of rotatable bonds is 8. The zero-order valence-corrected chi connectivity index (χ0v) is 61.3. The van der Waals surface area contributed by atoms with Crippen LogP contribution in [0.4, 0.5) is 0 Å². The average molecular weight is 1220 g/mol. The second-order valence-corrected chi connectivity index (χ2v) is 36.3. The third kappa shape index (κ3) is 12.3. The van der Waals surface area contributed by atoms with E-state index in [4.69, 9.17) is 0 Å². The van der Waals surface area contributed by atoms with Crippen LogP contribution in [0.2, 0.25) is 0 Å². The molecule has 0 aliphatic carbocycles. The van der Waals surface area contributed by atoms with Gasteiger partial charge in [0.15, 0.2) is 0 Å². The third-order valence-corrected chi connectivity index (χ3v) is 19.9. The number of hydrogen-bond donors (Lipinski definition) is 0. The minimum atomic E-state index is -0.258. The van der Waals surface area contributed by atoms with Crippen LogP contribution in [-0.2, 0) is 55.2 Å². The van der Waals surface area contributed by atoms with Crippen molar-refractivity contribution in [3.05, 3.63) is 225 Å². The first-order chi connectivity index (χ1) is 42.4. The van der Waals surface area contributed by atoms with Crippen molar-refractivity contribution in [1.29, 1.82) is 0 Å². The lowest BCUT2D eigenvalue weighted by molar-refractivity contribution is 0.518. The lowest BCUT2D eigenvalue weighted by Crippen LogP contribution is -2.24. The first-order valence-electron chi connectivity index (χ1n) is 34.3. The molecule has 0 fully saturated rings. The van der Waals surface area contributed by atoms with Crippen molar-refractivity contribution in [1.82, 2.24) is 9.13 Å². The zero-order valence-electron chi connectivity index (χ0n) is 61.3. The van der Waals surface area contributed by atoms with Crippen LogP contribution in [0.1, 0.15) is 236 Å². The molecule has 0 saturated heterocycles. The van der Waals surface area contributed by atoms with Gasteiger partial charge in [0.1, 0.15) is 0 Å². The lowest BCUT2D eigenvalue weighted by Gasteiger charge is -2.33. The maximum atomic E-state index is 2.65. The van der Waals surface area contributed by atoms with Crippen LogP contribution in [0.25, 0.3) is 88.4 Å². The second kappa shape index (κ2) is 22.4. The summed E-state index contributed by atoms with van der Waals surface area (Å²) in [7, 11) is 0. The molecule has 0 spiro atoms. The monoisotopic (exact) mass is 1220 g/mol. The standard InChI is InChI=1S/C90H108N2/c1-82(2,3)60-46-57(47-61(52-60)83(4,5)6)66-34-31-41-76(78(66)88(19,20)21)91-74-40-28-27-33-69(74)70-37-29-35-68(80(70)91)59-50-64(86(13,14)15)54-65(51-59)90(25,26)55-56-43-44-75-72(45-56)71-38-30-36-67(58-48-62(84(7,8)9)53-63(49-58)85(10,11)12)81(71)92(75)77-42-32-39-73(87(16,17)18)79(77)89(22,23)24/h27-54H,55H2,1-26H3. The molecule has 0 aliphatic rings. The van der Waals surface area contributed by atoms with Gasteiger partial charge in [-0.2, -0.15) is 0 Å². The molecular weight excluding hydrogens is 1110 g/mol. The van der Waals surface area contributed by atoms with Crippen molar-refractivity contribution in [3.8, 4) is 44.8 Å². The first-order valence-corrected chi connectivity index (χ1v) is 34.3. The van der Waals surface area contributed by atoms with Gasteiger partial charge in [0.05, 0.1) is 33.4 Å². The van der Waals surface area contributed by atoms with Crippen LogP contribution < -0.4 is 0 Å². The number of hydrogen-bond acceptors (Lipinski definition) is 0. The second-order valence-electron chi connectivity index (χ2n) is 36.3. The van der Waals surface area contributed by atoms with E-state index in [1.54, 1.807) is 0 Å². The summed E-state index contributed by atoms with van der Waals surface area (Å²) in [6.07, 6.45) is 0.858. The summed E-state index contributed by atoms with van der Waals surface area (Å²) in [4.78, 5) is 0. The Hall–Kier alpha value is -7.42. The van der Waals surface area contributed by atoms with Gasteiger partial charge >= 0.3 is 0 Å². The van der Waals surface area contributed by atoms with Gasteiger partial charge in [-0.05, 0) is 163 Å². The highest BCUT2D eigenvalue weighted by Gasteiger charge is 2.34. The number of benzene rings is 9. The van der Waals surface area contributed by atoms with Crippen LogP contribution in [0.3, 0.4) is 0 Å². The molecule has 2 nitrogen and oxygen atoms in total. The Labute approximate surface area is 554 Å². The van der Waals surface area contributed by atoms with Crippen molar-refractivity contribution in [2.24, 2.45) is 0 Å². The molecule has 0 amide bonds. The van der Waals surface area contributed by atoms with Crippen LogP contribution in [0.5, 0.6) is 0 Å². The number of fused-ring (bicyclic) bond motifs is 6. The lowest BCUT2D eigenvalue weighted by atomic mass is 9.74. The summed E-state index contributed by atoms with van der Waals surface area (Å²) < 4.78 is 5.28. The van der Waals surface area contributed by atoms with Gasteiger partial charge in [0.25, 0.3) is 0 Å². The normalized spacial score (nSPS) is 13.6. The molecule has 0 saturated carbocycles. The number of para-hydroxylation sites is 3. The fourth-order valence-electron chi connectivity index (χ4n) is 14.6. The average Bonchev–Trinajstić information content (AvgIpc) is 1.54. The smallest absolute Gasteiger partial charge is 0.0619 e. The number of nitrogens with zero attached hydrogens (tertiary/aromatic N) is 2. The molecule has 92 heavy (non-hydrogen) atoms. The predicted molar refractivity (Wildman–Crippen MR) is 404 cm³/mol. The van der Waals surface area contributed by atoms with E-state index in [2.05, 4.69) is 359 Å². The molecule has 0 radical (unpaired) electrons. The van der Waals surface area contributed by atoms with E-state index in [0.717, 1.165) is 6.42 Å². The van der Waals surface area contributed by atoms with Gasteiger partial charge in [-0.3, -0.25) is 0 Å². The maximum absolute atomic E-state index is 2.65. The molecule has 9 aromatic carbocycles. The summed E-state index contributed by atoms with van der Waals surface area (Å²) in [6, 6.07) is 67.2. The summed E-state index contributed by atoms with van der Waals surface area (Å²) in [5.41, 5.74) is 27.8. The minimum absolute atomic E-state index is 0.0144. The van der Waals surface area contributed by atoms with Gasteiger partial charge in [0, 0.05) is 32.7 Å². The van der Waals surface area contributed by atoms with E-state index in [9.17, 15) is 0 Å². The van der Waals surface area contributed by atoms with Crippen molar-refractivity contribution in [2.45, 2.75) is 235 Å². The van der Waals surface area contributed by atoms with Crippen LogP contribution >= 0.6 is 0 Å². The predicted octanol–water partition coefficient (Wildman–Crippen LogP) is 25.8. The summed E-state index contributed by atoms with van der Waals surface area (Å²) in [5, 5.41) is 5.10. The fourth-order valence-corrected chi connectivity index (χ4v) is 14.6. The Morgan fingerprint density at radius 2 is 0.620 bits per heavy atom. The third-order valence-electron chi connectivity index (χ3n) is 19.9. The van der Waals surface area contributed by atoms with Gasteiger partial charge in [-0.1, -0.05) is 320 Å². The molecule has 0 N–H and O–H groups in total. The van der Waals surface area contributed by atoms with E-state index in [0.29, 0.717) is 0 Å². The summed E-state index contributed by atoms with van der Waals surface area (Å²) >= 11 is 0. The van der Waals surface area contributed by atoms with Crippen molar-refractivity contribution in [3.63, 3.8) is 0 Å². The Morgan fingerprint density at radius 3 is 1.07 bits per heavy atom. The Morgan fingerprint density at radius 1 is 0.261 bits per heavy atom. The molecule has 0 bridgehead atoms. The molecular formula is C90H108N2. The van der Waals surface area contributed by atoms with Gasteiger partial charge in [-0.25, -0.2) is 0 Å².